The summed E-state index contributed by atoms with van der Waals surface area (Å²) in [5.41, 5.74) is 1.17. The molecule has 0 atom stereocenters. The van der Waals surface area contributed by atoms with Crippen molar-refractivity contribution in [3.8, 4) is 5.75 Å². The van der Waals surface area contributed by atoms with Gasteiger partial charge in [0.25, 0.3) is 0 Å². The first-order valence-electron chi connectivity index (χ1n) is 7.06. The average molecular weight is 275 g/mol. The quantitative estimate of drug-likeness (QED) is 0.811. The molecule has 108 valence electrons. The van der Waals surface area contributed by atoms with Crippen LogP contribution in [-0.2, 0) is 4.79 Å². The van der Waals surface area contributed by atoms with Crippen LogP contribution in [0.25, 0.3) is 0 Å². The van der Waals surface area contributed by atoms with E-state index in [2.05, 4.69) is 19.2 Å². The van der Waals surface area contributed by atoms with Gasteiger partial charge in [-0.05, 0) is 43.9 Å². The average Bonchev–Trinajstić information content (AvgIpc) is 3.21. The fourth-order valence-electron chi connectivity index (χ4n) is 1.81. The van der Waals surface area contributed by atoms with Gasteiger partial charge in [-0.1, -0.05) is 13.8 Å². The van der Waals surface area contributed by atoms with Crippen molar-refractivity contribution < 1.29 is 14.3 Å². The molecule has 1 N–H and O–H groups in total. The SMILES string of the molecule is CC(=O)c1ccc(OCC(C)C)c(NC(=O)C2CC2)c1. The Morgan fingerprint density at radius 2 is 2.05 bits per heavy atom. The summed E-state index contributed by atoms with van der Waals surface area (Å²) < 4.78 is 5.71. The van der Waals surface area contributed by atoms with Crippen LogP contribution in [0.2, 0.25) is 0 Å². The number of ketones is 1. The molecule has 2 rings (SSSR count). The number of ether oxygens (including phenoxy) is 1. The third kappa shape index (κ3) is 3.83. The summed E-state index contributed by atoms with van der Waals surface area (Å²) in [4.78, 5) is 23.3. The van der Waals surface area contributed by atoms with Gasteiger partial charge in [0.2, 0.25) is 5.91 Å². The van der Waals surface area contributed by atoms with Gasteiger partial charge >= 0.3 is 0 Å². The first kappa shape index (κ1) is 14.6. The van der Waals surface area contributed by atoms with Crippen molar-refractivity contribution in [3.63, 3.8) is 0 Å². The maximum Gasteiger partial charge on any atom is 0.227 e. The minimum absolute atomic E-state index is 0.0140. The van der Waals surface area contributed by atoms with Crippen molar-refractivity contribution >= 4 is 17.4 Å². The molecule has 1 saturated carbocycles. The zero-order valence-electron chi connectivity index (χ0n) is 12.2. The minimum atomic E-state index is -0.0256. The maximum atomic E-state index is 11.9. The number of rotatable bonds is 6. The highest BCUT2D eigenvalue weighted by molar-refractivity contribution is 5.99. The van der Waals surface area contributed by atoms with E-state index in [0.29, 0.717) is 29.5 Å². The molecule has 0 aliphatic heterocycles. The molecule has 0 spiro atoms. The van der Waals surface area contributed by atoms with E-state index in [9.17, 15) is 9.59 Å². The largest absolute Gasteiger partial charge is 0.491 e. The molecule has 0 radical (unpaired) electrons. The fourth-order valence-corrected chi connectivity index (χ4v) is 1.81. The van der Waals surface area contributed by atoms with Crippen molar-refractivity contribution in [2.75, 3.05) is 11.9 Å². The Bertz CT molecular complexity index is 518. The van der Waals surface area contributed by atoms with Crippen LogP contribution in [-0.4, -0.2) is 18.3 Å². The predicted molar refractivity (Wildman–Crippen MR) is 78.1 cm³/mol. The minimum Gasteiger partial charge on any atom is -0.491 e. The van der Waals surface area contributed by atoms with Crippen LogP contribution in [0.15, 0.2) is 18.2 Å². The van der Waals surface area contributed by atoms with Gasteiger partial charge in [0.05, 0.1) is 12.3 Å². The van der Waals surface area contributed by atoms with Gasteiger partial charge in [-0.3, -0.25) is 9.59 Å². The van der Waals surface area contributed by atoms with Crippen molar-refractivity contribution in [2.24, 2.45) is 11.8 Å². The van der Waals surface area contributed by atoms with Crippen LogP contribution < -0.4 is 10.1 Å². The number of Topliss-reactive ketones (excluding diaryl/α,β-unsaturated/α-hetero) is 1. The van der Waals surface area contributed by atoms with Gasteiger partial charge in [0.15, 0.2) is 5.78 Å². The van der Waals surface area contributed by atoms with Crippen LogP contribution in [0.4, 0.5) is 5.69 Å². The highest BCUT2D eigenvalue weighted by atomic mass is 16.5. The van der Waals surface area contributed by atoms with Crippen molar-refractivity contribution in [3.05, 3.63) is 23.8 Å². The first-order valence-corrected chi connectivity index (χ1v) is 7.06. The summed E-state index contributed by atoms with van der Waals surface area (Å²) in [6, 6.07) is 5.17. The number of anilines is 1. The van der Waals surface area contributed by atoms with Crippen molar-refractivity contribution in [2.45, 2.75) is 33.6 Å². The molecule has 0 heterocycles. The molecule has 1 aromatic rings. The summed E-state index contributed by atoms with van der Waals surface area (Å²) in [7, 11) is 0. The van der Waals surface area contributed by atoms with E-state index in [-0.39, 0.29) is 17.6 Å². The fraction of sp³-hybridized carbons (Fsp3) is 0.500. The standard InChI is InChI=1S/C16H21NO3/c1-10(2)9-20-15-7-6-13(11(3)18)8-14(15)17-16(19)12-4-5-12/h6-8,10,12H,4-5,9H2,1-3H3,(H,17,19). The molecule has 4 nitrogen and oxygen atoms in total. The second-order valence-electron chi connectivity index (χ2n) is 5.74. The van der Waals surface area contributed by atoms with Crippen LogP contribution in [0.1, 0.15) is 44.0 Å². The highest BCUT2D eigenvalue weighted by Gasteiger charge is 2.30. The number of hydrogen-bond acceptors (Lipinski definition) is 3. The van der Waals surface area contributed by atoms with Gasteiger partial charge < -0.3 is 10.1 Å². The number of amides is 1. The molecule has 1 fully saturated rings. The third-order valence-electron chi connectivity index (χ3n) is 3.16. The van der Waals surface area contributed by atoms with Gasteiger partial charge in [-0.15, -0.1) is 0 Å². The van der Waals surface area contributed by atoms with Crippen LogP contribution in [0, 0.1) is 11.8 Å². The van der Waals surface area contributed by atoms with Crippen LogP contribution >= 0.6 is 0 Å². The molecule has 1 aromatic carbocycles. The van der Waals surface area contributed by atoms with Gasteiger partial charge in [-0.25, -0.2) is 0 Å². The van der Waals surface area contributed by atoms with Gasteiger partial charge in [-0.2, -0.15) is 0 Å². The number of nitrogens with one attached hydrogen (secondary N) is 1. The molecule has 1 amide bonds. The van der Waals surface area contributed by atoms with E-state index in [1.165, 1.54) is 6.92 Å². The smallest absolute Gasteiger partial charge is 0.227 e. The summed E-state index contributed by atoms with van der Waals surface area (Å²) in [5.74, 6) is 1.13. The summed E-state index contributed by atoms with van der Waals surface area (Å²) >= 11 is 0. The van der Waals surface area contributed by atoms with E-state index in [1.54, 1.807) is 18.2 Å². The normalized spacial score (nSPS) is 14.2. The number of hydrogen-bond donors (Lipinski definition) is 1. The van der Waals surface area contributed by atoms with Crippen LogP contribution in [0.5, 0.6) is 5.75 Å². The Balaban J connectivity index is 2.19. The summed E-state index contributed by atoms with van der Waals surface area (Å²) in [6.07, 6.45) is 1.89. The lowest BCUT2D eigenvalue weighted by Gasteiger charge is -2.14. The monoisotopic (exact) mass is 275 g/mol. The van der Waals surface area contributed by atoms with Crippen molar-refractivity contribution in [1.29, 1.82) is 0 Å². The Morgan fingerprint density at radius 3 is 2.60 bits per heavy atom. The van der Waals surface area contributed by atoms with Gasteiger partial charge in [0, 0.05) is 11.5 Å². The third-order valence-corrected chi connectivity index (χ3v) is 3.16. The Morgan fingerprint density at radius 1 is 1.35 bits per heavy atom. The molecule has 20 heavy (non-hydrogen) atoms. The molecule has 0 bridgehead atoms. The molecule has 0 unspecified atom stereocenters. The lowest BCUT2D eigenvalue weighted by Crippen LogP contribution is -2.15. The van der Waals surface area contributed by atoms with Crippen LogP contribution in [0.3, 0.4) is 0 Å². The Labute approximate surface area is 119 Å². The lowest BCUT2D eigenvalue weighted by atomic mass is 10.1. The van der Waals surface area contributed by atoms with Crippen molar-refractivity contribution in [1.82, 2.24) is 0 Å². The van der Waals surface area contributed by atoms with E-state index < -0.39 is 0 Å². The first-order chi connectivity index (χ1) is 9.47. The molecule has 1 aliphatic carbocycles. The second-order valence-corrected chi connectivity index (χ2v) is 5.74. The Kier molecular flexibility index (Phi) is 4.42. The number of benzene rings is 1. The lowest BCUT2D eigenvalue weighted by molar-refractivity contribution is -0.117. The molecular weight excluding hydrogens is 254 g/mol. The maximum absolute atomic E-state index is 11.9. The molecular formula is C16H21NO3. The van der Waals surface area contributed by atoms with E-state index in [1.807, 2.05) is 0 Å². The predicted octanol–water partition coefficient (Wildman–Crippen LogP) is 3.27. The number of carbonyl (C=O) groups excluding carboxylic acids is 2. The molecule has 0 saturated heterocycles. The summed E-state index contributed by atoms with van der Waals surface area (Å²) in [6.45, 7) is 6.21. The van der Waals surface area contributed by atoms with E-state index in [4.69, 9.17) is 4.74 Å². The zero-order chi connectivity index (χ0) is 14.7. The second kappa shape index (κ2) is 6.07. The van der Waals surface area contributed by atoms with E-state index in [0.717, 1.165) is 12.8 Å². The molecule has 1 aliphatic rings. The van der Waals surface area contributed by atoms with Gasteiger partial charge in [0.1, 0.15) is 5.75 Å². The topological polar surface area (TPSA) is 55.4 Å². The molecule has 4 heteroatoms. The molecule has 0 aromatic heterocycles. The zero-order valence-corrected chi connectivity index (χ0v) is 12.2. The highest BCUT2D eigenvalue weighted by Crippen LogP contribution is 2.33. The summed E-state index contributed by atoms with van der Waals surface area (Å²) in [5, 5.41) is 2.88. The van der Waals surface area contributed by atoms with E-state index >= 15 is 0 Å². The Hall–Kier alpha value is -1.84. The number of carbonyl (C=O) groups is 2.